The van der Waals surface area contributed by atoms with Crippen molar-refractivity contribution in [3.63, 3.8) is 0 Å². The van der Waals surface area contributed by atoms with E-state index in [4.69, 9.17) is 4.74 Å². The van der Waals surface area contributed by atoms with Gasteiger partial charge in [-0.1, -0.05) is 89.3 Å². The molecule has 3 amide bonds. The zero-order valence-corrected chi connectivity index (χ0v) is 27.6. The standard InChI is InChI=1S/C36H51N3O5/c1-8-19-37-20-13-17-35(9-2)27(30(37)41)28-31(42)39(26(23-40)22-25-15-11-10-12-16-25)29-32(43)38(21-14-18-36(28,29)44-35)34(6,7)24-33(3,4)5/h10-18,26-29,40H,8-9,19-24H2,1-7H3/t26-,27-,28+,29?,35+,36+/m1/s1. The maximum atomic E-state index is 15.1. The highest BCUT2D eigenvalue weighted by Crippen LogP contribution is 2.59. The summed E-state index contributed by atoms with van der Waals surface area (Å²) in [6.45, 7) is 15.8. The molecule has 1 unspecified atom stereocenters. The third-order valence-corrected chi connectivity index (χ3v) is 10.1. The molecule has 44 heavy (non-hydrogen) atoms. The number of carbonyl (C=O) groups excluding carboxylic acids is 3. The Balaban J connectivity index is 1.68. The summed E-state index contributed by atoms with van der Waals surface area (Å²) in [6.07, 6.45) is 10.3. The van der Waals surface area contributed by atoms with Crippen LogP contribution in [0, 0.1) is 17.3 Å². The van der Waals surface area contributed by atoms with E-state index in [1.54, 1.807) is 4.90 Å². The maximum absolute atomic E-state index is 15.1. The van der Waals surface area contributed by atoms with Crippen molar-refractivity contribution in [1.82, 2.24) is 14.7 Å². The summed E-state index contributed by atoms with van der Waals surface area (Å²) >= 11 is 0. The number of amides is 3. The molecule has 8 nitrogen and oxygen atoms in total. The topological polar surface area (TPSA) is 90.4 Å². The minimum Gasteiger partial charge on any atom is -0.394 e. The highest BCUT2D eigenvalue weighted by atomic mass is 16.5. The zero-order valence-electron chi connectivity index (χ0n) is 27.6. The molecular weight excluding hydrogens is 554 g/mol. The van der Waals surface area contributed by atoms with Gasteiger partial charge in [-0.25, -0.2) is 0 Å². The number of aliphatic hydroxyl groups excluding tert-OH is 1. The smallest absolute Gasteiger partial charge is 0.249 e. The predicted molar refractivity (Wildman–Crippen MR) is 170 cm³/mol. The van der Waals surface area contributed by atoms with Gasteiger partial charge in [0.05, 0.1) is 30.1 Å². The molecule has 0 aliphatic carbocycles. The van der Waals surface area contributed by atoms with E-state index in [1.807, 2.05) is 78.3 Å². The van der Waals surface area contributed by atoms with Gasteiger partial charge in [0.1, 0.15) is 11.6 Å². The Morgan fingerprint density at radius 1 is 0.932 bits per heavy atom. The third-order valence-electron chi connectivity index (χ3n) is 10.1. The van der Waals surface area contributed by atoms with E-state index in [9.17, 15) is 14.7 Å². The molecule has 4 aliphatic heterocycles. The van der Waals surface area contributed by atoms with E-state index < -0.39 is 40.7 Å². The number of hydrogen-bond acceptors (Lipinski definition) is 5. The van der Waals surface area contributed by atoms with Crippen molar-refractivity contribution < 1.29 is 24.2 Å². The Bertz CT molecular complexity index is 1320. The lowest BCUT2D eigenvalue weighted by Crippen LogP contribution is -2.62. The van der Waals surface area contributed by atoms with Crippen molar-refractivity contribution in [3.8, 4) is 0 Å². The minimum absolute atomic E-state index is 0.0462. The van der Waals surface area contributed by atoms with Crippen LogP contribution in [0.2, 0.25) is 0 Å². The number of carbonyl (C=O) groups is 3. The van der Waals surface area contributed by atoms with Crippen LogP contribution in [0.1, 0.15) is 73.3 Å². The van der Waals surface area contributed by atoms with E-state index in [0.717, 1.165) is 18.4 Å². The first-order chi connectivity index (χ1) is 20.7. The second kappa shape index (κ2) is 11.8. The average Bonchev–Trinajstić information content (AvgIpc) is 3.25. The summed E-state index contributed by atoms with van der Waals surface area (Å²) in [5.74, 6) is -2.26. The van der Waals surface area contributed by atoms with Gasteiger partial charge in [-0.05, 0) is 50.5 Å². The molecule has 2 fully saturated rings. The molecule has 6 atom stereocenters. The number of nitrogens with zero attached hydrogens (tertiary/aromatic N) is 3. The Kier molecular flexibility index (Phi) is 8.66. The molecule has 5 rings (SSSR count). The van der Waals surface area contributed by atoms with Crippen LogP contribution in [0.25, 0.3) is 0 Å². The normalized spacial score (nSPS) is 31.1. The summed E-state index contributed by atoms with van der Waals surface area (Å²) in [5.41, 5.74) is -1.97. The molecule has 0 radical (unpaired) electrons. The Morgan fingerprint density at radius 3 is 2.23 bits per heavy atom. The fraction of sp³-hybridized carbons (Fsp3) is 0.639. The Labute approximate surface area is 263 Å². The largest absolute Gasteiger partial charge is 0.394 e. The molecule has 2 saturated heterocycles. The van der Waals surface area contributed by atoms with Crippen LogP contribution in [0.5, 0.6) is 0 Å². The lowest BCUT2D eigenvalue weighted by atomic mass is 9.72. The number of aliphatic hydroxyl groups is 1. The number of likely N-dealkylation sites (tertiary alicyclic amines) is 1. The minimum atomic E-state index is -1.35. The highest BCUT2D eigenvalue weighted by Gasteiger charge is 2.76. The van der Waals surface area contributed by atoms with Crippen LogP contribution in [0.15, 0.2) is 54.6 Å². The van der Waals surface area contributed by atoms with Crippen molar-refractivity contribution in [2.75, 3.05) is 26.2 Å². The molecule has 4 heterocycles. The number of rotatable bonds is 9. The molecule has 1 aromatic carbocycles. The summed E-state index contributed by atoms with van der Waals surface area (Å²) in [6, 6.07) is 8.04. The second-order valence-corrected chi connectivity index (χ2v) is 15.0. The van der Waals surface area contributed by atoms with Crippen molar-refractivity contribution in [3.05, 3.63) is 60.2 Å². The van der Waals surface area contributed by atoms with Gasteiger partial charge in [0.15, 0.2) is 0 Å². The molecule has 0 aromatic heterocycles. The number of hydrogen-bond donors (Lipinski definition) is 1. The molecule has 1 N–H and O–H groups in total. The van der Waals surface area contributed by atoms with Crippen molar-refractivity contribution >= 4 is 17.7 Å². The molecule has 0 bridgehead atoms. The summed E-state index contributed by atoms with van der Waals surface area (Å²) in [7, 11) is 0. The summed E-state index contributed by atoms with van der Waals surface area (Å²) in [4.78, 5) is 49.7. The zero-order chi connectivity index (χ0) is 32.1. The van der Waals surface area contributed by atoms with E-state index >= 15 is 4.79 Å². The third kappa shape index (κ3) is 5.32. The fourth-order valence-corrected chi connectivity index (χ4v) is 8.69. The van der Waals surface area contributed by atoms with Crippen LogP contribution in [0.4, 0.5) is 0 Å². The summed E-state index contributed by atoms with van der Waals surface area (Å²) < 4.78 is 7.14. The van der Waals surface area contributed by atoms with Crippen LogP contribution >= 0.6 is 0 Å². The lowest BCUT2D eigenvalue weighted by Gasteiger charge is -2.46. The fourth-order valence-electron chi connectivity index (χ4n) is 8.69. The second-order valence-electron chi connectivity index (χ2n) is 15.0. The van der Waals surface area contributed by atoms with Crippen molar-refractivity contribution in [2.45, 2.75) is 103 Å². The lowest BCUT2D eigenvalue weighted by molar-refractivity contribution is -0.160. The van der Waals surface area contributed by atoms with Gasteiger partial charge < -0.3 is 24.5 Å². The van der Waals surface area contributed by atoms with Gasteiger partial charge in [-0.3, -0.25) is 14.4 Å². The van der Waals surface area contributed by atoms with Crippen LogP contribution in [0.3, 0.4) is 0 Å². The molecule has 0 saturated carbocycles. The van der Waals surface area contributed by atoms with E-state index in [2.05, 4.69) is 34.6 Å². The summed E-state index contributed by atoms with van der Waals surface area (Å²) in [5, 5.41) is 10.8. The van der Waals surface area contributed by atoms with Gasteiger partial charge in [0, 0.05) is 25.2 Å². The number of ether oxygens (including phenoxy) is 1. The van der Waals surface area contributed by atoms with Gasteiger partial charge >= 0.3 is 0 Å². The highest BCUT2D eigenvalue weighted by molar-refractivity contribution is 6.00. The van der Waals surface area contributed by atoms with Gasteiger partial charge in [-0.2, -0.15) is 0 Å². The molecule has 1 spiro atoms. The van der Waals surface area contributed by atoms with E-state index in [-0.39, 0.29) is 29.7 Å². The van der Waals surface area contributed by atoms with Crippen LogP contribution in [-0.4, -0.2) is 92.6 Å². The van der Waals surface area contributed by atoms with E-state index in [0.29, 0.717) is 32.5 Å². The van der Waals surface area contributed by atoms with Gasteiger partial charge in [0.25, 0.3) is 0 Å². The number of fused-ring (bicyclic) bond motifs is 2. The molecule has 1 aromatic rings. The first-order valence-corrected chi connectivity index (χ1v) is 16.4. The molecule has 4 aliphatic rings. The quantitative estimate of drug-likeness (QED) is 0.423. The van der Waals surface area contributed by atoms with Crippen molar-refractivity contribution in [1.29, 1.82) is 0 Å². The SMILES string of the molecule is CCCN1CC=C[C@]2(CC)O[C@]34C=CCN(C(C)(C)CC(C)(C)C)C(=O)C3N([C@@H](CO)Cc3ccccc3)C(=O)[C@@H]4[C@@H]2C1=O. The van der Waals surface area contributed by atoms with Gasteiger partial charge in [0.2, 0.25) is 17.7 Å². The Hall–Kier alpha value is -2.97. The first kappa shape index (κ1) is 32.4. The van der Waals surface area contributed by atoms with Gasteiger partial charge in [-0.15, -0.1) is 0 Å². The molecular formula is C36H51N3O5. The molecule has 240 valence electrons. The monoisotopic (exact) mass is 605 g/mol. The van der Waals surface area contributed by atoms with Crippen LogP contribution < -0.4 is 0 Å². The van der Waals surface area contributed by atoms with Crippen LogP contribution in [-0.2, 0) is 25.5 Å². The average molecular weight is 606 g/mol. The number of benzene rings is 1. The first-order valence-electron chi connectivity index (χ1n) is 16.4. The van der Waals surface area contributed by atoms with E-state index in [1.165, 1.54) is 0 Å². The maximum Gasteiger partial charge on any atom is 0.249 e. The predicted octanol–water partition coefficient (Wildman–Crippen LogP) is 4.37. The Morgan fingerprint density at radius 2 is 1.61 bits per heavy atom. The van der Waals surface area contributed by atoms with Crippen molar-refractivity contribution in [2.24, 2.45) is 17.3 Å². The molecule has 8 heteroatoms.